The number of allylic oxidation sites excluding steroid dienone is 2. The molecule has 0 unspecified atom stereocenters. The zero-order chi connectivity index (χ0) is 75.7. The third-order valence-electron chi connectivity index (χ3n) is 26.6. The fourth-order valence-electron chi connectivity index (χ4n) is 20.1. The summed E-state index contributed by atoms with van der Waals surface area (Å²) in [5, 5.41) is 220. The lowest BCUT2D eigenvalue weighted by atomic mass is 9.33. The second-order valence-electron chi connectivity index (χ2n) is 33.4. The zero-order valence-electron chi connectivity index (χ0n) is 59.6. The standard InChI is InChI=1S/C69H112O35/c1-25-37(76)42(81)48(87)59(95-25)101-53-50(89)61(96-26(2)51(53)99-57-45(84)38(77)30(73)20-91-57)102-54-52(100-58-46(85)39(78)31(74)21-92-58)32(75)22-93-62(54)104-63(90)69-15-13-64(3,4)17-28(69)27-9-10-36-65(5)18-29(72)55(66(6,24-71)35(65)11-12-68(36,8)67(27,7)14-16-69)103-60-49(88)44(83)41(80)34(98-60)23-94-56-47(86)43(82)40(79)33(19-70)97-56/h9,25-26,28-62,70-89H,10-24H2,1-8H3/t25-,26-,28-,29-,30+,31-,32-,33+,34+,35+,36+,37-,38-,39-,40+,41+,42+,43-,44-,45+,46+,47+,48+,49+,50+,51-,52-,53-,54+,55-,56+,57-,58-,59-,60-,61-,62-,65-,66-,67+,68+,69-/m0/s1. The lowest BCUT2D eigenvalue weighted by molar-refractivity contribution is -0.397. The van der Waals surface area contributed by atoms with Gasteiger partial charge in [0.1, 0.15) is 134 Å². The van der Waals surface area contributed by atoms with Gasteiger partial charge in [-0.15, -0.1) is 0 Å². The number of rotatable bonds is 17. The number of aliphatic hydroxyl groups is 20. The molecule has 12 rings (SSSR count). The largest absolute Gasteiger partial charge is 0.432 e. The molecule has 4 saturated carbocycles. The molecule has 0 radical (unpaired) electrons. The van der Waals surface area contributed by atoms with Crippen LogP contribution in [0.15, 0.2) is 11.6 Å². The molecule has 12 aliphatic rings. The number of ether oxygens (including phenoxy) is 14. The highest BCUT2D eigenvalue weighted by Crippen LogP contribution is 2.76. The van der Waals surface area contributed by atoms with Gasteiger partial charge >= 0.3 is 5.97 Å². The van der Waals surface area contributed by atoms with Crippen molar-refractivity contribution in [2.75, 3.05) is 39.6 Å². The van der Waals surface area contributed by atoms with E-state index in [1.807, 2.05) is 0 Å². The van der Waals surface area contributed by atoms with Crippen molar-refractivity contribution in [1.29, 1.82) is 0 Å². The molecule has 0 aromatic rings. The number of carbonyl (C=O) groups is 1. The molecule has 0 aromatic heterocycles. The number of esters is 1. The molecule has 0 bridgehead atoms. The summed E-state index contributed by atoms with van der Waals surface area (Å²) >= 11 is 0. The molecule has 35 nitrogen and oxygen atoms in total. The Kier molecular flexibility index (Phi) is 24.1. The molecular formula is C69H112O35. The fourth-order valence-corrected chi connectivity index (χ4v) is 20.1. The quantitative estimate of drug-likeness (QED) is 0.0366. The van der Waals surface area contributed by atoms with Crippen molar-refractivity contribution in [3.05, 3.63) is 11.6 Å². The van der Waals surface area contributed by atoms with Crippen molar-refractivity contribution in [2.45, 2.75) is 322 Å². The third-order valence-corrected chi connectivity index (χ3v) is 26.6. The van der Waals surface area contributed by atoms with Crippen LogP contribution in [-0.2, 0) is 71.1 Å². The molecule has 20 N–H and O–H groups in total. The summed E-state index contributed by atoms with van der Waals surface area (Å²) in [5.41, 5.74) is -3.62. The SMILES string of the molecule is C[C@@H]1O[C@@H](O[C@H]2[C@@H](O)[C@H](O[C@H]3[C@H](OC(=O)[C@]45CCC(C)(C)C[C@H]4C4=CC[C@@H]6[C@@]7(C)C[C@H](O)[C@H](O[C@@H]8O[C@H](CO[C@@H]9O[C@H](CO)[C@@H](O)[C@H](O)[C@H]9O)[C@@H](O)[C@H](O)[C@H]8O)[C@@](C)(CO)[C@@H]7CC[C@@]6(C)[C@]4(C)CC5)OC[C@H](O)[C@@H]3O[C@@H]3OC[C@H](O)[C@H](O)[C@H]3O)O[C@@H](C)[C@@H]2O[C@@H]2OC[C@@H](O)[C@H](O)[C@H]2O)[C@H](O)[C@H](O)[C@H]1O. The van der Waals surface area contributed by atoms with Gasteiger partial charge in [-0.05, 0) is 111 Å². The molecule has 598 valence electrons. The molecule has 7 aliphatic heterocycles. The normalized spacial score (nSPS) is 55.6. The highest BCUT2D eigenvalue weighted by molar-refractivity contribution is 5.79. The summed E-state index contributed by atoms with van der Waals surface area (Å²) < 4.78 is 85.1. The summed E-state index contributed by atoms with van der Waals surface area (Å²) in [6, 6.07) is 0. The topological polar surface area (TPSA) is 551 Å². The molecule has 104 heavy (non-hydrogen) atoms. The van der Waals surface area contributed by atoms with Crippen LogP contribution in [0.2, 0.25) is 0 Å². The van der Waals surface area contributed by atoms with E-state index >= 15 is 4.79 Å². The van der Waals surface area contributed by atoms with Gasteiger partial charge < -0.3 is 168 Å². The number of carbonyl (C=O) groups excluding carboxylic acids is 1. The van der Waals surface area contributed by atoms with Gasteiger partial charge in [-0.1, -0.05) is 53.2 Å². The van der Waals surface area contributed by atoms with Crippen LogP contribution < -0.4 is 0 Å². The second-order valence-corrected chi connectivity index (χ2v) is 33.4. The molecule has 7 saturated heterocycles. The molecule has 5 aliphatic carbocycles. The van der Waals surface area contributed by atoms with Crippen molar-refractivity contribution < 1.29 is 173 Å². The van der Waals surface area contributed by atoms with E-state index in [2.05, 4.69) is 40.7 Å². The van der Waals surface area contributed by atoms with E-state index in [9.17, 15) is 102 Å². The van der Waals surface area contributed by atoms with Crippen LogP contribution in [0.5, 0.6) is 0 Å². The first-order valence-electron chi connectivity index (χ1n) is 36.6. The Bertz CT molecular complexity index is 2960. The third kappa shape index (κ3) is 14.1. The Morgan fingerprint density at radius 2 is 0.971 bits per heavy atom. The minimum atomic E-state index is -2.10. The Morgan fingerprint density at radius 3 is 1.60 bits per heavy atom. The van der Waals surface area contributed by atoms with Gasteiger partial charge in [0.15, 0.2) is 43.8 Å². The molecule has 42 atom stereocenters. The van der Waals surface area contributed by atoms with Crippen LogP contribution in [0.1, 0.15) is 113 Å². The smallest absolute Gasteiger partial charge is 0.315 e. The molecule has 35 heteroatoms. The predicted octanol–water partition coefficient (Wildman–Crippen LogP) is -6.65. The van der Waals surface area contributed by atoms with Gasteiger partial charge in [0, 0.05) is 5.41 Å². The Balaban J connectivity index is 0.811. The lowest BCUT2D eigenvalue weighted by Gasteiger charge is -2.72. The summed E-state index contributed by atoms with van der Waals surface area (Å²) in [7, 11) is 0. The van der Waals surface area contributed by atoms with E-state index in [0.29, 0.717) is 44.9 Å². The van der Waals surface area contributed by atoms with Gasteiger partial charge in [0.25, 0.3) is 0 Å². The first kappa shape index (κ1) is 81.4. The maximum absolute atomic E-state index is 16.1. The van der Waals surface area contributed by atoms with Crippen LogP contribution in [0.3, 0.4) is 0 Å². The summed E-state index contributed by atoms with van der Waals surface area (Å²) in [4.78, 5) is 16.1. The van der Waals surface area contributed by atoms with Crippen LogP contribution in [0, 0.1) is 50.2 Å². The molecule has 11 fully saturated rings. The first-order chi connectivity index (χ1) is 48.8. The van der Waals surface area contributed by atoms with E-state index in [1.165, 1.54) is 13.8 Å². The van der Waals surface area contributed by atoms with Crippen LogP contribution in [0.4, 0.5) is 0 Å². The maximum Gasteiger partial charge on any atom is 0.315 e. The highest BCUT2D eigenvalue weighted by Gasteiger charge is 2.72. The summed E-state index contributed by atoms with van der Waals surface area (Å²) in [6.45, 7) is 12.0. The van der Waals surface area contributed by atoms with Crippen molar-refractivity contribution in [1.82, 2.24) is 0 Å². The van der Waals surface area contributed by atoms with E-state index in [0.717, 1.165) is 5.57 Å². The second kappa shape index (κ2) is 30.8. The lowest BCUT2D eigenvalue weighted by Crippen LogP contribution is -2.69. The van der Waals surface area contributed by atoms with Crippen LogP contribution in [0.25, 0.3) is 0 Å². The van der Waals surface area contributed by atoms with Gasteiger partial charge in [-0.25, -0.2) is 0 Å². The van der Waals surface area contributed by atoms with Crippen LogP contribution >= 0.6 is 0 Å². The minimum Gasteiger partial charge on any atom is -0.432 e. The average Bonchev–Trinajstić information content (AvgIpc) is 0.672. The Hall–Kier alpha value is -2.11. The monoisotopic (exact) mass is 1500 g/mol. The predicted molar refractivity (Wildman–Crippen MR) is 343 cm³/mol. The zero-order valence-corrected chi connectivity index (χ0v) is 59.6. The number of hydrogen-bond donors (Lipinski definition) is 20. The van der Waals surface area contributed by atoms with Gasteiger partial charge in [0.2, 0.25) is 6.29 Å². The minimum absolute atomic E-state index is 0.146. The van der Waals surface area contributed by atoms with Crippen molar-refractivity contribution in [3.63, 3.8) is 0 Å². The van der Waals surface area contributed by atoms with E-state index in [4.69, 9.17) is 66.3 Å². The molecule has 7 heterocycles. The van der Waals surface area contributed by atoms with Gasteiger partial charge in [-0.2, -0.15) is 0 Å². The highest BCUT2D eigenvalue weighted by atomic mass is 16.8. The number of fused-ring (bicyclic) bond motifs is 7. The average molecular weight is 1500 g/mol. The van der Waals surface area contributed by atoms with Crippen LogP contribution in [-0.4, -0.2) is 357 Å². The molecule has 0 amide bonds. The Morgan fingerprint density at radius 1 is 0.462 bits per heavy atom. The molecule has 0 spiro atoms. The van der Waals surface area contributed by atoms with Gasteiger partial charge in [-0.3, -0.25) is 4.79 Å². The maximum atomic E-state index is 16.1. The van der Waals surface area contributed by atoms with Crippen molar-refractivity contribution in [3.8, 4) is 0 Å². The first-order valence-corrected chi connectivity index (χ1v) is 36.6. The summed E-state index contributed by atoms with van der Waals surface area (Å²) in [6.07, 6.45) is -51.6. The van der Waals surface area contributed by atoms with E-state index < -0.39 is 287 Å². The molecular weight excluding hydrogens is 1390 g/mol. The molecule has 0 aromatic carbocycles. The van der Waals surface area contributed by atoms with Crippen molar-refractivity contribution in [2.24, 2.45) is 50.2 Å². The summed E-state index contributed by atoms with van der Waals surface area (Å²) in [5.74, 6) is -1.68. The van der Waals surface area contributed by atoms with Crippen molar-refractivity contribution >= 4 is 5.97 Å². The number of aliphatic hydroxyl groups excluding tert-OH is 20. The van der Waals surface area contributed by atoms with Gasteiger partial charge in [0.05, 0.1) is 69.5 Å². The fraction of sp³-hybridized carbons (Fsp3) is 0.957. The van der Waals surface area contributed by atoms with E-state index in [1.54, 1.807) is 6.92 Å². The number of hydrogen-bond acceptors (Lipinski definition) is 35. The Labute approximate surface area is 600 Å². The van der Waals surface area contributed by atoms with E-state index in [-0.39, 0.29) is 30.1 Å².